The molecule has 2 aromatic rings. The van der Waals surface area contributed by atoms with E-state index in [0.29, 0.717) is 17.0 Å². The highest BCUT2D eigenvalue weighted by atomic mass is 32.1. The molecule has 27 heavy (non-hydrogen) atoms. The van der Waals surface area contributed by atoms with Crippen molar-refractivity contribution in [2.45, 2.75) is 39.3 Å². The van der Waals surface area contributed by atoms with Gasteiger partial charge in [-0.2, -0.15) is 0 Å². The minimum Gasteiger partial charge on any atom is -0.381 e. The Labute approximate surface area is 163 Å². The molecule has 2 saturated heterocycles. The molecular formula is C20H26N4O2S. The van der Waals surface area contributed by atoms with Crippen LogP contribution in [0.5, 0.6) is 0 Å². The molecule has 6 nitrogen and oxygen atoms in total. The number of likely N-dealkylation sites (tertiary alicyclic amines) is 1. The van der Waals surface area contributed by atoms with Crippen LogP contribution in [0.15, 0.2) is 24.3 Å². The topological polar surface area (TPSA) is 67.4 Å². The van der Waals surface area contributed by atoms with E-state index in [1.54, 1.807) is 0 Å². The number of aromatic nitrogens is 2. The monoisotopic (exact) mass is 386 g/mol. The van der Waals surface area contributed by atoms with Gasteiger partial charge in [0.15, 0.2) is 0 Å². The third-order valence-electron chi connectivity index (χ3n) is 5.66. The molecule has 3 heterocycles. The maximum Gasteiger partial charge on any atom is 0.282 e. The summed E-state index contributed by atoms with van der Waals surface area (Å²) in [6.07, 6.45) is 3.55. The number of nitrogens with zero attached hydrogens (tertiary/aromatic N) is 3. The Bertz CT molecular complexity index is 784. The molecular weight excluding hydrogens is 360 g/mol. The molecule has 1 amide bonds. The molecule has 2 fully saturated rings. The zero-order chi connectivity index (χ0) is 18.7. The SMILES string of the molecule is Cc1ccc(CNC(=O)c2nnc(CN3CCC4(CCOCC4)C3)s2)cc1. The number of hydrogen-bond donors (Lipinski definition) is 1. The maximum atomic E-state index is 12.3. The summed E-state index contributed by atoms with van der Waals surface area (Å²) in [5.41, 5.74) is 2.72. The lowest BCUT2D eigenvalue weighted by atomic mass is 9.80. The van der Waals surface area contributed by atoms with Gasteiger partial charge in [0.1, 0.15) is 5.01 Å². The lowest BCUT2D eigenvalue weighted by Gasteiger charge is -2.33. The van der Waals surface area contributed by atoms with E-state index in [0.717, 1.165) is 56.3 Å². The molecule has 0 radical (unpaired) electrons. The van der Waals surface area contributed by atoms with Crippen molar-refractivity contribution in [3.05, 3.63) is 45.4 Å². The molecule has 0 bridgehead atoms. The fraction of sp³-hybridized carbons (Fsp3) is 0.550. The van der Waals surface area contributed by atoms with Crippen LogP contribution < -0.4 is 5.32 Å². The number of hydrogen-bond acceptors (Lipinski definition) is 6. The highest BCUT2D eigenvalue weighted by molar-refractivity contribution is 7.13. The average Bonchev–Trinajstić information content (AvgIpc) is 3.30. The van der Waals surface area contributed by atoms with Gasteiger partial charge in [0.05, 0.1) is 6.54 Å². The summed E-state index contributed by atoms with van der Waals surface area (Å²) in [5, 5.41) is 12.6. The predicted molar refractivity (Wildman–Crippen MR) is 105 cm³/mol. The Morgan fingerprint density at radius 3 is 2.78 bits per heavy atom. The maximum absolute atomic E-state index is 12.3. The Morgan fingerprint density at radius 1 is 1.22 bits per heavy atom. The number of aryl methyl sites for hydroxylation is 1. The van der Waals surface area contributed by atoms with Crippen molar-refractivity contribution in [1.29, 1.82) is 0 Å². The number of rotatable bonds is 5. The third kappa shape index (κ3) is 4.54. The minimum atomic E-state index is -0.151. The summed E-state index contributed by atoms with van der Waals surface area (Å²) in [6, 6.07) is 8.15. The van der Waals surface area contributed by atoms with Crippen LogP contribution in [0.4, 0.5) is 0 Å². The third-order valence-corrected chi connectivity index (χ3v) is 6.57. The number of benzene rings is 1. The highest BCUT2D eigenvalue weighted by Gasteiger charge is 2.39. The minimum absolute atomic E-state index is 0.151. The van der Waals surface area contributed by atoms with E-state index >= 15 is 0 Å². The number of amides is 1. The van der Waals surface area contributed by atoms with Crippen molar-refractivity contribution in [3.63, 3.8) is 0 Å². The molecule has 1 aromatic carbocycles. The first-order valence-electron chi connectivity index (χ1n) is 9.58. The van der Waals surface area contributed by atoms with E-state index in [4.69, 9.17) is 4.74 Å². The Morgan fingerprint density at radius 2 is 2.00 bits per heavy atom. The van der Waals surface area contributed by atoms with E-state index in [2.05, 4.69) is 27.3 Å². The van der Waals surface area contributed by atoms with Crippen molar-refractivity contribution in [3.8, 4) is 0 Å². The summed E-state index contributed by atoms with van der Waals surface area (Å²) < 4.78 is 5.52. The fourth-order valence-electron chi connectivity index (χ4n) is 3.94. The van der Waals surface area contributed by atoms with Crippen molar-refractivity contribution < 1.29 is 9.53 Å². The van der Waals surface area contributed by atoms with Gasteiger partial charge in [-0.05, 0) is 43.7 Å². The van der Waals surface area contributed by atoms with Crippen molar-refractivity contribution in [2.75, 3.05) is 26.3 Å². The molecule has 2 aliphatic heterocycles. The molecule has 0 saturated carbocycles. The quantitative estimate of drug-likeness (QED) is 0.856. The van der Waals surface area contributed by atoms with Crippen molar-refractivity contribution in [2.24, 2.45) is 5.41 Å². The van der Waals surface area contributed by atoms with Crippen LogP contribution >= 0.6 is 11.3 Å². The standard InChI is InChI=1S/C20H26N4O2S/c1-15-2-4-16(5-3-15)12-21-18(25)19-23-22-17(27-19)13-24-9-6-20(14-24)7-10-26-11-8-20/h2-5H,6-14H2,1H3,(H,21,25). The molecule has 1 aromatic heterocycles. The van der Waals surface area contributed by atoms with E-state index in [1.165, 1.54) is 23.3 Å². The summed E-state index contributed by atoms with van der Waals surface area (Å²) in [7, 11) is 0. The summed E-state index contributed by atoms with van der Waals surface area (Å²) in [4.78, 5) is 14.8. The molecule has 1 spiro atoms. The first kappa shape index (κ1) is 18.5. The summed E-state index contributed by atoms with van der Waals surface area (Å²) in [5.74, 6) is -0.151. The van der Waals surface area contributed by atoms with Crippen LogP contribution in [0.25, 0.3) is 0 Å². The fourth-order valence-corrected chi connectivity index (χ4v) is 4.74. The zero-order valence-corrected chi connectivity index (χ0v) is 16.6. The molecule has 0 unspecified atom stereocenters. The Hall–Kier alpha value is -1.83. The molecule has 144 valence electrons. The Balaban J connectivity index is 1.29. The molecule has 7 heteroatoms. The van der Waals surface area contributed by atoms with Gasteiger partial charge in [-0.15, -0.1) is 10.2 Å². The van der Waals surface area contributed by atoms with Crippen molar-refractivity contribution in [1.82, 2.24) is 20.4 Å². The number of nitrogens with one attached hydrogen (secondary N) is 1. The van der Waals surface area contributed by atoms with Crippen LogP contribution in [0.3, 0.4) is 0 Å². The van der Waals surface area contributed by atoms with E-state index in [-0.39, 0.29) is 5.91 Å². The first-order valence-corrected chi connectivity index (χ1v) is 10.4. The number of carbonyl (C=O) groups excluding carboxylic acids is 1. The molecule has 2 aliphatic rings. The second-order valence-electron chi connectivity index (χ2n) is 7.74. The molecule has 1 N–H and O–H groups in total. The second-order valence-corrected chi connectivity index (χ2v) is 8.80. The van der Waals surface area contributed by atoms with Crippen LogP contribution in [-0.2, 0) is 17.8 Å². The van der Waals surface area contributed by atoms with E-state index in [9.17, 15) is 4.79 Å². The van der Waals surface area contributed by atoms with E-state index < -0.39 is 0 Å². The normalized spacial score (nSPS) is 19.4. The predicted octanol–water partition coefficient (Wildman–Crippen LogP) is 2.78. The van der Waals surface area contributed by atoms with Crippen LogP contribution in [0, 0.1) is 12.3 Å². The van der Waals surface area contributed by atoms with Gasteiger partial charge in [-0.1, -0.05) is 41.2 Å². The lowest BCUT2D eigenvalue weighted by Crippen LogP contribution is -2.32. The molecule has 0 aliphatic carbocycles. The largest absolute Gasteiger partial charge is 0.381 e. The Kier molecular flexibility index (Phi) is 5.52. The van der Waals surface area contributed by atoms with Gasteiger partial charge >= 0.3 is 0 Å². The lowest BCUT2D eigenvalue weighted by molar-refractivity contribution is 0.0190. The van der Waals surface area contributed by atoms with Gasteiger partial charge < -0.3 is 10.1 Å². The van der Waals surface area contributed by atoms with Crippen LogP contribution in [0.1, 0.15) is 45.2 Å². The van der Waals surface area contributed by atoms with E-state index in [1.807, 2.05) is 24.3 Å². The second kappa shape index (κ2) is 8.04. The van der Waals surface area contributed by atoms with Crippen molar-refractivity contribution >= 4 is 17.2 Å². The van der Waals surface area contributed by atoms with Gasteiger partial charge in [0, 0.05) is 26.3 Å². The smallest absolute Gasteiger partial charge is 0.282 e. The highest BCUT2D eigenvalue weighted by Crippen LogP contribution is 2.40. The number of carbonyl (C=O) groups is 1. The summed E-state index contributed by atoms with van der Waals surface area (Å²) >= 11 is 1.40. The van der Waals surface area contributed by atoms with Gasteiger partial charge in [0.2, 0.25) is 5.01 Å². The first-order chi connectivity index (χ1) is 13.1. The van der Waals surface area contributed by atoms with Gasteiger partial charge in [0.25, 0.3) is 5.91 Å². The summed E-state index contributed by atoms with van der Waals surface area (Å²) in [6.45, 7) is 7.31. The van der Waals surface area contributed by atoms with Gasteiger partial charge in [-0.25, -0.2) is 0 Å². The average molecular weight is 387 g/mol. The van der Waals surface area contributed by atoms with Gasteiger partial charge in [-0.3, -0.25) is 9.69 Å². The van der Waals surface area contributed by atoms with Crippen LogP contribution in [-0.4, -0.2) is 47.3 Å². The molecule has 4 rings (SSSR count). The van der Waals surface area contributed by atoms with Crippen LogP contribution in [0.2, 0.25) is 0 Å². The molecule has 0 atom stereocenters. The zero-order valence-electron chi connectivity index (χ0n) is 15.7. The number of ether oxygens (including phenoxy) is 1.